The largest absolute Gasteiger partial charge is 0.494 e. The Morgan fingerprint density at radius 3 is 2.58 bits per heavy atom. The van der Waals surface area contributed by atoms with Crippen LogP contribution in [-0.2, 0) is 9.53 Å². The summed E-state index contributed by atoms with van der Waals surface area (Å²) in [6, 6.07) is 5.90. The van der Waals surface area contributed by atoms with E-state index in [1.807, 2.05) is 45.9 Å². The molecule has 4 nitrogen and oxygen atoms in total. The minimum absolute atomic E-state index is 0.220. The second kappa shape index (κ2) is 6.45. The Morgan fingerprint density at radius 1 is 1.37 bits per heavy atom. The zero-order chi connectivity index (χ0) is 14.5. The maximum atomic E-state index is 11.6. The molecular weight excluding hydrogens is 242 g/mol. The Bertz CT molecular complexity index is 441. The predicted molar refractivity (Wildman–Crippen MR) is 76.6 cm³/mol. The lowest BCUT2D eigenvalue weighted by molar-refractivity contribution is -0.149. The molecule has 106 valence electrons. The van der Waals surface area contributed by atoms with E-state index < -0.39 is 5.41 Å². The van der Waals surface area contributed by atoms with E-state index in [9.17, 15) is 4.79 Å². The number of aryl methyl sites for hydroxylation is 1. The molecular formula is C15H23NO3. The molecule has 1 N–H and O–H groups in total. The van der Waals surface area contributed by atoms with Crippen LogP contribution in [0.15, 0.2) is 18.2 Å². The monoisotopic (exact) mass is 265 g/mol. The molecule has 0 radical (unpaired) electrons. The van der Waals surface area contributed by atoms with E-state index in [1.165, 1.54) is 7.11 Å². The van der Waals surface area contributed by atoms with Gasteiger partial charge in [0.2, 0.25) is 0 Å². The number of benzene rings is 1. The van der Waals surface area contributed by atoms with Gasteiger partial charge in [0.15, 0.2) is 0 Å². The average Bonchev–Trinajstić information content (AvgIpc) is 2.38. The topological polar surface area (TPSA) is 47.6 Å². The normalized spacial score (nSPS) is 11.0. The van der Waals surface area contributed by atoms with Crippen molar-refractivity contribution < 1.29 is 14.3 Å². The van der Waals surface area contributed by atoms with E-state index in [0.29, 0.717) is 13.2 Å². The molecule has 0 bridgehead atoms. The zero-order valence-corrected chi connectivity index (χ0v) is 12.4. The number of carbonyl (C=O) groups excluding carboxylic acids is 1. The fourth-order valence-electron chi connectivity index (χ4n) is 1.75. The van der Waals surface area contributed by atoms with Crippen LogP contribution in [0.1, 0.15) is 26.3 Å². The number of esters is 1. The highest BCUT2D eigenvalue weighted by molar-refractivity contribution is 5.76. The first-order valence-corrected chi connectivity index (χ1v) is 6.46. The summed E-state index contributed by atoms with van der Waals surface area (Å²) in [4.78, 5) is 11.6. The number of carbonyl (C=O) groups is 1. The van der Waals surface area contributed by atoms with Gasteiger partial charge in [0, 0.05) is 12.2 Å². The number of methoxy groups -OCH3 is 1. The van der Waals surface area contributed by atoms with Crippen molar-refractivity contribution in [1.82, 2.24) is 0 Å². The Balaban J connectivity index is 2.68. The minimum Gasteiger partial charge on any atom is -0.494 e. The highest BCUT2D eigenvalue weighted by atomic mass is 16.5. The number of ether oxygens (including phenoxy) is 2. The Morgan fingerprint density at radius 2 is 2.05 bits per heavy atom. The number of hydrogen-bond acceptors (Lipinski definition) is 4. The van der Waals surface area contributed by atoms with Gasteiger partial charge in [0.05, 0.1) is 19.1 Å². The molecule has 0 heterocycles. The molecule has 0 saturated carbocycles. The van der Waals surface area contributed by atoms with Crippen molar-refractivity contribution in [2.75, 3.05) is 25.6 Å². The van der Waals surface area contributed by atoms with E-state index in [2.05, 4.69) is 5.32 Å². The molecule has 1 aromatic rings. The molecule has 0 fully saturated rings. The molecule has 0 aromatic heterocycles. The number of rotatable bonds is 6. The first-order chi connectivity index (χ1) is 8.90. The van der Waals surface area contributed by atoms with Crippen LogP contribution in [0.5, 0.6) is 5.75 Å². The first-order valence-electron chi connectivity index (χ1n) is 6.46. The molecule has 1 aromatic carbocycles. The molecule has 0 amide bonds. The van der Waals surface area contributed by atoms with Gasteiger partial charge in [0.1, 0.15) is 5.75 Å². The molecule has 0 unspecified atom stereocenters. The molecule has 4 heteroatoms. The maximum Gasteiger partial charge on any atom is 0.313 e. The molecule has 0 aliphatic rings. The van der Waals surface area contributed by atoms with E-state index in [4.69, 9.17) is 9.47 Å². The zero-order valence-electron chi connectivity index (χ0n) is 12.4. The molecule has 19 heavy (non-hydrogen) atoms. The van der Waals surface area contributed by atoms with Crippen LogP contribution in [0.25, 0.3) is 0 Å². The first kappa shape index (κ1) is 15.3. The fraction of sp³-hybridized carbons (Fsp3) is 0.533. The minimum atomic E-state index is -0.554. The standard InChI is InChI=1S/C15H23NO3/c1-6-19-13-8-7-12(9-11(13)2)16-10-15(3,4)14(17)18-5/h7-9,16H,6,10H2,1-5H3. The van der Waals surface area contributed by atoms with Crippen LogP contribution in [0.4, 0.5) is 5.69 Å². The van der Waals surface area contributed by atoms with Gasteiger partial charge < -0.3 is 14.8 Å². The Labute approximate surface area is 115 Å². The van der Waals surface area contributed by atoms with Gasteiger partial charge in [-0.25, -0.2) is 0 Å². The molecule has 0 aliphatic carbocycles. The highest BCUT2D eigenvalue weighted by Crippen LogP contribution is 2.24. The summed E-state index contributed by atoms with van der Waals surface area (Å²) in [5.41, 5.74) is 1.49. The van der Waals surface area contributed by atoms with Crippen LogP contribution in [0, 0.1) is 12.3 Å². The molecule has 1 rings (SSSR count). The SMILES string of the molecule is CCOc1ccc(NCC(C)(C)C(=O)OC)cc1C. The number of hydrogen-bond donors (Lipinski definition) is 1. The lowest BCUT2D eigenvalue weighted by Gasteiger charge is -2.22. The van der Waals surface area contributed by atoms with Crippen LogP contribution in [0.3, 0.4) is 0 Å². The van der Waals surface area contributed by atoms with E-state index in [0.717, 1.165) is 17.0 Å². The fourth-order valence-corrected chi connectivity index (χ4v) is 1.75. The Hall–Kier alpha value is -1.71. The molecule has 0 atom stereocenters. The van der Waals surface area contributed by atoms with Crippen molar-refractivity contribution >= 4 is 11.7 Å². The third-order valence-electron chi connectivity index (χ3n) is 2.95. The van der Waals surface area contributed by atoms with Crippen LogP contribution >= 0.6 is 0 Å². The summed E-state index contributed by atoms with van der Waals surface area (Å²) in [5.74, 6) is 0.669. The van der Waals surface area contributed by atoms with Crippen molar-refractivity contribution in [3.8, 4) is 5.75 Å². The second-order valence-corrected chi connectivity index (χ2v) is 5.14. The smallest absolute Gasteiger partial charge is 0.313 e. The van der Waals surface area contributed by atoms with Crippen molar-refractivity contribution in [2.24, 2.45) is 5.41 Å². The average molecular weight is 265 g/mol. The number of nitrogens with one attached hydrogen (secondary N) is 1. The van der Waals surface area contributed by atoms with Gasteiger partial charge in [-0.15, -0.1) is 0 Å². The summed E-state index contributed by atoms with van der Waals surface area (Å²) in [7, 11) is 1.41. The van der Waals surface area contributed by atoms with Crippen LogP contribution < -0.4 is 10.1 Å². The lowest BCUT2D eigenvalue weighted by Crippen LogP contribution is -2.33. The van der Waals surface area contributed by atoms with Crippen molar-refractivity contribution in [2.45, 2.75) is 27.7 Å². The van der Waals surface area contributed by atoms with Crippen LogP contribution in [-0.4, -0.2) is 26.2 Å². The van der Waals surface area contributed by atoms with E-state index >= 15 is 0 Å². The predicted octanol–water partition coefficient (Wildman–Crippen LogP) is 3.00. The maximum absolute atomic E-state index is 11.6. The summed E-state index contributed by atoms with van der Waals surface area (Å²) in [6.45, 7) is 8.85. The summed E-state index contributed by atoms with van der Waals surface area (Å²) in [6.07, 6.45) is 0. The van der Waals surface area contributed by atoms with Crippen molar-refractivity contribution in [1.29, 1.82) is 0 Å². The van der Waals surface area contributed by atoms with Gasteiger partial charge in [-0.1, -0.05) is 0 Å². The van der Waals surface area contributed by atoms with Gasteiger partial charge in [0.25, 0.3) is 0 Å². The lowest BCUT2D eigenvalue weighted by atomic mass is 9.93. The third kappa shape index (κ3) is 4.16. The van der Waals surface area contributed by atoms with Gasteiger partial charge in [-0.05, 0) is 51.5 Å². The molecule has 0 saturated heterocycles. The Kier molecular flexibility index (Phi) is 5.21. The van der Waals surface area contributed by atoms with Crippen LogP contribution in [0.2, 0.25) is 0 Å². The third-order valence-corrected chi connectivity index (χ3v) is 2.95. The van der Waals surface area contributed by atoms with Crippen molar-refractivity contribution in [3.05, 3.63) is 23.8 Å². The van der Waals surface area contributed by atoms with Gasteiger partial charge in [-0.3, -0.25) is 4.79 Å². The van der Waals surface area contributed by atoms with Gasteiger partial charge >= 0.3 is 5.97 Å². The summed E-state index contributed by atoms with van der Waals surface area (Å²) < 4.78 is 10.3. The highest BCUT2D eigenvalue weighted by Gasteiger charge is 2.28. The molecule has 0 spiro atoms. The van der Waals surface area contributed by atoms with E-state index in [-0.39, 0.29) is 5.97 Å². The van der Waals surface area contributed by atoms with E-state index in [1.54, 1.807) is 0 Å². The summed E-state index contributed by atoms with van der Waals surface area (Å²) >= 11 is 0. The van der Waals surface area contributed by atoms with Gasteiger partial charge in [-0.2, -0.15) is 0 Å². The number of anilines is 1. The van der Waals surface area contributed by atoms with Crippen molar-refractivity contribution in [3.63, 3.8) is 0 Å². The second-order valence-electron chi connectivity index (χ2n) is 5.14. The molecule has 0 aliphatic heterocycles. The quantitative estimate of drug-likeness (QED) is 0.803. The summed E-state index contributed by atoms with van der Waals surface area (Å²) in [5, 5.41) is 3.25.